The molecule has 1 N–H and O–H groups in total. The quantitative estimate of drug-likeness (QED) is 0.580. The maximum atomic E-state index is 10.8. The third-order valence-corrected chi connectivity index (χ3v) is 4.04. The maximum Gasteiger partial charge on any atom is 0.270 e. The van der Waals surface area contributed by atoms with Gasteiger partial charge >= 0.3 is 0 Å². The Balaban J connectivity index is 1.97. The first-order valence-corrected chi connectivity index (χ1v) is 7.21. The molecule has 3 aromatic rings. The van der Waals surface area contributed by atoms with E-state index in [0.717, 1.165) is 20.9 Å². The van der Waals surface area contributed by atoms with Gasteiger partial charge in [0.25, 0.3) is 5.69 Å². The zero-order valence-electron chi connectivity index (χ0n) is 11.5. The lowest BCUT2D eigenvalue weighted by atomic mass is 10.1. The van der Waals surface area contributed by atoms with Gasteiger partial charge in [0.2, 0.25) is 0 Å². The Labute approximate surface area is 129 Å². The van der Waals surface area contributed by atoms with Crippen LogP contribution in [0.15, 0.2) is 36.4 Å². The second-order valence-corrected chi connectivity index (χ2v) is 5.87. The molecule has 0 atom stereocenters. The lowest BCUT2D eigenvalue weighted by Gasteiger charge is -2.08. The van der Waals surface area contributed by atoms with E-state index in [0.29, 0.717) is 5.69 Å². The Morgan fingerprint density at radius 1 is 1.32 bits per heavy atom. The highest BCUT2D eigenvalue weighted by atomic mass is 32.1. The fourth-order valence-corrected chi connectivity index (χ4v) is 2.99. The number of aryl methyl sites for hydroxylation is 1. The summed E-state index contributed by atoms with van der Waals surface area (Å²) in [5.41, 5.74) is 2.40. The standard InChI is InChI=1S/C15H10N4O2S/c1-9-17-14-4-2-11(7-15(14)22-9)18-13-5-3-12(19(20)21)6-10(13)8-16/h2-7,18H,1H3. The van der Waals surface area contributed by atoms with Gasteiger partial charge in [-0.1, -0.05) is 0 Å². The lowest BCUT2D eigenvalue weighted by molar-refractivity contribution is -0.384. The van der Waals surface area contributed by atoms with Gasteiger partial charge in [-0.05, 0) is 31.2 Å². The van der Waals surface area contributed by atoms with Crippen molar-refractivity contribution in [2.75, 3.05) is 5.32 Å². The van der Waals surface area contributed by atoms with E-state index in [1.165, 1.54) is 12.1 Å². The molecule has 0 saturated heterocycles. The Hall–Kier alpha value is -2.98. The molecule has 1 heterocycles. The van der Waals surface area contributed by atoms with Crippen LogP contribution in [0.5, 0.6) is 0 Å². The van der Waals surface area contributed by atoms with Crippen LogP contribution in [0.2, 0.25) is 0 Å². The first-order valence-electron chi connectivity index (χ1n) is 6.39. The van der Waals surface area contributed by atoms with Crippen LogP contribution >= 0.6 is 11.3 Å². The summed E-state index contributed by atoms with van der Waals surface area (Å²) in [6.07, 6.45) is 0. The topological polar surface area (TPSA) is 91.8 Å². The lowest BCUT2D eigenvalue weighted by Crippen LogP contribution is -1.95. The molecular formula is C15H10N4O2S. The number of hydrogen-bond donors (Lipinski definition) is 1. The monoisotopic (exact) mass is 310 g/mol. The summed E-state index contributed by atoms with van der Waals surface area (Å²) in [4.78, 5) is 14.6. The molecule has 2 aromatic carbocycles. The molecule has 0 aliphatic rings. The van der Waals surface area contributed by atoms with Crippen molar-refractivity contribution in [3.8, 4) is 6.07 Å². The smallest absolute Gasteiger partial charge is 0.270 e. The summed E-state index contributed by atoms with van der Waals surface area (Å²) >= 11 is 1.59. The molecule has 0 saturated carbocycles. The Morgan fingerprint density at radius 3 is 2.86 bits per heavy atom. The number of non-ortho nitro benzene ring substituents is 1. The summed E-state index contributed by atoms with van der Waals surface area (Å²) in [5.74, 6) is 0. The molecule has 108 valence electrons. The molecule has 7 heteroatoms. The van der Waals surface area contributed by atoms with Gasteiger partial charge in [0.15, 0.2) is 0 Å². The minimum atomic E-state index is -0.517. The van der Waals surface area contributed by atoms with E-state index in [9.17, 15) is 10.1 Å². The highest BCUT2D eigenvalue weighted by molar-refractivity contribution is 7.18. The summed E-state index contributed by atoms with van der Waals surface area (Å²) in [6, 6.07) is 11.9. The number of fused-ring (bicyclic) bond motifs is 1. The van der Waals surface area contributed by atoms with Crippen LogP contribution in [0.25, 0.3) is 10.2 Å². The highest BCUT2D eigenvalue weighted by Gasteiger charge is 2.11. The molecule has 0 radical (unpaired) electrons. The summed E-state index contributed by atoms with van der Waals surface area (Å²) in [6.45, 7) is 1.95. The van der Waals surface area contributed by atoms with Gasteiger partial charge in [0.05, 0.1) is 31.4 Å². The SMILES string of the molecule is Cc1nc2ccc(Nc3ccc([N+](=O)[O-])cc3C#N)cc2s1. The molecule has 0 unspecified atom stereocenters. The van der Waals surface area contributed by atoms with Gasteiger partial charge in [-0.2, -0.15) is 5.26 Å². The van der Waals surface area contributed by atoms with Crippen molar-refractivity contribution in [3.63, 3.8) is 0 Å². The number of nitrogens with one attached hydrogen (secondary N) is 1. The van der Waals surface area contributed by atoms with E-state index in [-0.39, 0.29) is 11.3 Å². The van der Waals surface area contributed by atoms with E-state index in [2.05, 4.69) is 10.3 Å². The van der Waals surface area contributed by atoms with Crippen molar-refractivity contribution in [1.82, 2.24) is 4.98 Å². The Bertz CT molecular complexity index is 927. The summed E-state index contributed by atoms with van der Waals surface area (Å²) in [7, 11) is 0. The second kappa shape index (κ2) is 5.42. The van der Waals surface area contributed by atoms with Crippen molar-refractivity contribution >= 4 is 38.6 Å². The van der Waals surface area contributed by atoms with Crippen molar-refractivity contribution in [3.05, 3.63) is 57.1 Å². The van der Waals surface area contributed by atoms with Crippen LogP contribution < -0.4 is 5.32 Å². The van der Waals surface area contributed by atoms with E-state index in [1.54, 1.807) is 17.4 Å². The minimum absolute atomic E-state index is 0.101. The van der Waals surface area contributed by atoms with Crippen LogP contribution in [0.1, 0.15) is 10.6 Å². The second-order valence-electron chi connectivity index (χ2n) is 4.64. The molecule has 0 aliphatic carbocycles. The zero-order chi connectivity index (χ0) is 15.7. The van der Waals surface area contributed by atoms with E-state index in [4.69, 9.17) is 5.26 Å². The normalized spacial score (nSPS) is 10.4. The predicted molar refractivity (Wildman–Crippen MR) is 85.5 cm³/mol. The van der Waals surface area contributed by atoms with E-state index >= 15 is 0 Å². The van der Waals surface area contributed by atoms with Crippen molar-refractivity contribution in [2.24, 2.45) is 0 Å². The molecule has 6 nitrogen and oxygen atoms in total. The van der Waals surface area contributed by atoms with Crippen LogP contribution in [0, 0.1) is 28.4 Å². The third-order valence-electron chi connectivity index (χ3n) is 3.11. The zero-order valence-corrected chi connectivity index (χ0v) is 12.3. The highest BCUT2D eigenvalue weighted by Crippen LogP contribution is 2.29. The van der Waals surface area contributed by atoms with Crippen molar-refractivity contribution in [2.45, 2.75) is 6.92 Å². The number of nitriles is 1. The number of anilines is 2. The number of rotatable bonds is 3. The fraction of sp³-hybridized carbons (Fsp3) is 0.0667. The molecule has 22 heavy (non-hydrogen) atoms. The van der Waals surface area contributed by atoms with Gasteiger partial charge in [-0.15, -0.1) is 11.3 Å². The van der Waals surface area contributed by atoms with E-state index < -0.39 is 4.92 Å². The number of nitrogens with zero attached hydrogens (tertiary/aromatic N) is 3. The van der Waals surface area contributed by atoms with Crippen molar-refractivity contribution < 1.29 is 4.92 Å². The number of nitro benzene ring substituents is 1. The Kier molecular flexibility index (Phi) is 3.45. The van der Waals surface area contributed by atoms with Crippen LogP contribution in [-0.2, 0) is 0 Å². The number of hydrogen-bond acceptors (Lipinski definition) is 6. The van der Waals surface area contributed by atoms with Gasteiger partial charge < -0.3 is 5.32 Å². The first kappa shape index (κ1) is 14.0. The number of nitro groups is 1. The van der Waals surface area contributed by atoms with Crippen molar-refractivity contribution in [1.29, 1.82) is 5.26 Å². The van der Waals surface area contributed by atoms with Gasteiger partial charge in [-0.3, -0.25) is 10.1 Å². The minimum Gasteiger partial charge on any atom is -0.354 e. The third kappa shape index (κ3) is 2.60. The molecule has 3 rings (SSSR count). The van der Waals surface area contributed by atoms with Crippen LogP contribution in [0.4, 0.5) is 17.1 Å². The average molecular weight is 310 g/mol. The molecule has 0 fully saturated rings. The number of aromatic nitrogens is 1. The number of benzene rings is 2. The Morgan fingerprint density at radius 2 is 2.14 bits per heavy atom. The maximum absolute atomic E-state index is 10.8. The van der Waals surface area contributed by atoms with E-state index in [1.807, 2.05) is 31.2 Å². The summed E-state index contributed by atoms with van der Waals surface area (Å²) < 4.78 is 1.04. The molecule has 0 bridgehead atoms. The fourth-order valence-electron chi connectivity index (χ4n) is 2.12. The molecule has 0 spiro atoms. The van der Waals surface area contributed by atoms with Gasteiger partial charge in [0.1, 0.15) is 6.07 Å². The summed E-state index contributed by atoms with van der Waals surface area (Å²) in [5, 5.41) is 24.0. The predicted octanol–water partition coefficient (Wildman–Crippen LogP) is 4.13. The first-order chi connectivity index (χ1) is 10.6. The molecule has 1 aromatic heterocycles. The van der Waals surface area contributed by atoms with Gasteiger partial charge in [0, 0.05) is 17.8 Å². The van der Waals surface area contributed by atoms with Gasteiger partial charge in [-0.25, -0.2) is 4.98 Å². The molecule has 0 aliphatic heterocycles. The number of thiazole rings is 1. The largest absolute Gasteiger partial charge is 0.354 e. The average Bonchev–Trinajstić information content (AvgIpc) is 2.86. The molecular weight excluding hydrogens is 300 g/mol. The van der Waals surface area contributed by atoms with Crippen LogP contribution in [-0.4, -0.2) is 9.91 Å². The van der Waals surface area contributed by atoms with Crippen LogP contribution in [0.3, 0.4) is 0 Å². The molecule has 0 amide bonds.